The first-order chi connectivity index (χ1) is 10.6. The molecule has 0 radical (unpaired) electrons. The second-order valence-electron chi connectivity index (χ2n) is 5.85. The van der Waals surface area contributed by atoms with Crippen LogP contribution in [0.3, 0.4) is 0 Å². The van der Waals surface area contributed by atoms with Crippen LogP contribution in [-0.4, -0.2) is 20.8 Å². The van der Waals surface area contributed by atoms with Crippen molar-refractivity contribution >= 4 is 17.5 Å². The highest BCUT2D eigenvalue weighted by Crippen LogP contribution is 2.34. The quantitative estimate of drug-likeness (QED) is 0.852. The monoisotopic (exact) mass is 321 g/mol. The van der Waals surface area contributed by atoms with Crippen LogP contribution in [0.25, 0.3) is 0 Å². The van der Waals surface area contributed by atoms with Crippen LogP contribution < -0.4 is 9.64 Å². The van der Waals surface area contributed by atoms with Crippen LogP contribution in [0, 0.1) is 5.82 Å². The third-order valence-electron chi connectivity index (χ3n) is 4.14. The van der Waals surface area contributed by atoms with E-state index in [-0.39, 0.29) is 5.82 Å². The Kier molecular flexibility index (Phi) is 4.57. The van der Waals surface area contributed by atoms with Crippen LogP contribution in [0.1, 0.15) is 38.7 Å². The molecule has 1 aliphatic heterocycles. The van der Waals surface area contributed by atoms with Gasteiger partial charge in [0.05, 0.1) is 11.7 Å². The highest BCUT2D eigenvalue weighted by atomic mass is 32.1. The molecule has 4 nitrogen and oxygen atoms in total. The SMILES string of the molecule is CC1CCCC(C)N1c1nsnc1OCc1cccc(F)c1. The van der Waals surface area contributed by atoms with E-state index in [0.29, 0.717) is 24.6 Å². The fraction of sp³-hybridized carbons (Fsp3) is 0.500. The lowest BCUT2D eigenvalue weighted by molar-refractivity contribution is 0.292. The molecule has 1 aromatic heterocycles. The maximum absolute atomic E-state index is 13.2. The molecule has 0 bridgehead atoms. The lowest BCUT2D eigenvalue weighted by Gasteiger charge is -2.39. The molecular weight excluding hydrogens is 301 g/mol. The number of anilines is 1. The van der Waals surface area contributed by atoms with Crippen LogP contribution in [0.15, 0.2) is 24.3 Å². The summed E-state index contributed by atoms with van der Waals surface area (Å²) in [5.41, 5.74) is 0.790. The van der Waals surface area contributed by atoms with Gasteiger partial charge >= 0.3 is 0 Å². The molecule has 0 spiro atoms. The lowest BCUT2D eigenvalue weighted by atomic mass is 9.98. The number of rotatable bonds is 4. The molecule has 6 heteroatoms. The molecule has 0 amide bonds. The van der Waals surface area contributed by atoms with E-state index in [9.17, 15) is 4.39 Å². The third-order valence-corrected chi connectivity index (χ3v) is 4.65. The zero-order valence-electron chi connectivity index (χ0n) is 12.8. The van der Waals surface area contributed by atoms with Gasteiger partial charge in [0.25, 0.3) is 5.88 Å². The summed E-state index contributed by atoms with van der Waals surface area (Å²) in [6, 6.07) is 7.30. The largest absolute Gasteiger partial charge is 0.470 e. The summed E-state index contributed by atoms with van der Waals surface area (Å²) in [6.07, 6.45) is 3.56. The van der Waals surface area contributed by atoms with Gasteiger partial charge in [0.15, 0.2) is 0 Å². The van der Waals surface area contributed by atoms with Gasteiger partial charge in [-0.3, -0.25) is 0 Å². The molecule has 118 valence electrons. The van der Waals surface area contributed by atoms with Crippen molar-refractivity contribution in [3.63, 3.8) is 0 Å². The van der Waals surface area contributed by atoms with E-state index in [2.05, 4.69) is 27.5 Å². The third kappa shape index (κ3) is 3.21. The van der Waals surface area contributed by atoms with Crippen molar-refractivity contribution < 1.29 is 9.13 Å². The summed E-state index contributed by atoms with van der Waals surface area (Å²) >= 11 is 1.16. The number of aromatic nitrogens is 2. The molecule has 3 rings (SSSR count). The van der Waals surface area contributed by atoms with Gasteiger partial charge in [-0.25, -0.2) is 4.39 Å². The van der Waals surface area contributed by atoms with E-state index in [4.69, 9.17) is 4.74 Å². The number of benzene rings is 1. The topological polar surface area (TPSA) is 38.2 Å². The number of hydrogen-bond donors (Lipinski definition) is 0. The van der Waals surface area contributed by atoms with Crippen molar-refractivity contribution in [2.45, 2.75) is 51.8 Å². The number of hydrogen-bond acceptors (Lipinski definition) is 5. The van der Waals surface area contributed by atoms with E-state index >= 15 is 0 Å². The van der Waals surface area contributed by atoms with E-state index in [1.807, 2.05) is 6.07 Å². The standard InChI is InChI=1S/C16H20FN3OS/c1-11-5-3-6-12(2)20(11)15-16(19-22-18-15)21-10-13-7-4-8-14(17)9-13/h4,7-9,11-12H,3,5-6,10H2,1-2H3. The predicted octanol–water partition coefficient (Wildman–Crippen LogP) is 4.02. The molecule has 1 aromatic carbocycles. The molecule has 0 saturated carbocycles. The molecule has 2 unspecified atom stereocenters. The summed E-state index contributed by atoms with van der Waals surface area (Å²) in [7, 11) is 0. The van der Waals surface area contributed by atoms with Crippen molar-refractivity contribution in [2.24, 2.45) is 0 Å². The Morgan fingerprint density at radius 1 is 1.27 bits per heavy atom. The van der Waals surface area contributed by atoms with Gasteiger partial charge in [-0.15, -0.1) is 4.37 Å². The Hall–Kier alpha value is -1.69. The number of piperidine rings is 1. The van der Waals surface area contributed by atoms with Gasteiger partial charge in [-0.2, -0.15) is 4.37 Å². The summed E-state index contributed by atoms with van der Waals surface area (Å²) in [5.74, 6) is 1.12. The van der Waals surface area contributed by atoms with E-state index in [1.54, 1.807) is 6.07 Å². The van der Waals surface area contributed by atoms with Crippen molar-refractivity contribution in [2.75, 3.05) is 4.90 Å². The molecule has 2 heterocycles. The average molecular weight is 321 g/mol. The number of halogens is 1. The van der Waals surface area contributed by atoms with Gasteiger partial charge in [0.1, 0.15) is 12.4 Å². The second-order valence-corrected chi connectivity index (χ2v) is 6.38. The molecule has 1 fully saturated rings. The zero-order valence-corrected chi connectivity index (χ0v) is 13.6. The number of nitrogens with zero attached hydrogens (tertiary/aromatic N) is 3. The van der Waals surface area contributed by atoms with Crippen LogP contribution in [-0.2, 0) is 6.61 Å². The molecule has 22 heavy (non-hydrogen) atoms. The van der Waals surface area contributed by atoms with E-state index in [1.165, 1.54) is 18.6 Å². The summed E-state index contributed by atoms with van der Waals surface area (Å²) in [6.45, 7) is 4.73. The minimum absolute atomic E-state index is 0.254. The maximum Gasteiger partial charge on any atom is 0.271 e. The molecule has 1 aliphatic rings. The minimum Gasteiger partial charge on any atom is -0.470 e. The predicted molar refractivity (Wildman–Crippen MR) is 85.9 cm³/mol. The summed E-state index contributed by atoms with van der Waals surface area (Å²) < 4.78 is 27.7. The fourth-order valence-electron chi connectivity index (χ4n) is 3.04. The lowest BCUT2D eigenvalue weighted by Crippen LogP contribution is -2.44. The molecule has 0 N–H and O–H groups in total. The molecule has 2 aromatic rings. The average Bonchev–Trinajstić information content (AvgIpc) is 2.93. The van der Waals surface area contributed by atoms with Crippen molar-refractivity contribution in [3.05, 3.63) is 35.6 Å². The normalized spacial score (nSPS) is 21.9. The van der Waals surface area contributed by atoms with Gasteiger partial charge < -0.3 is 9.64 Å². The second kappa shape index (κ2) is 6.60. The first kappa shape index (κ1) is 15.2. The molecule has 0 aliphatic carbocycles. The molecular formula is C16H20FN3OS. The van der Waals surface area contributed by atoms with Crippen LogP contribution in [0.2, 0.25) is 0 Å². The first-order valence-corrected chi connectivity index (χ1v) is 8.36. The van der Waals surface area contributed by atoms with Crippen molar-refractivity contribution in [3.8, 4) is 5.88 Å². The van der Waals surface area contributed by atoms with E-state index in [0.717, 1.165) is 36.0 Å². The smallest absolute Gasteiger partial charge is 0.271 e. The Balaban J connectivity index is 1.74. The van der Waals surface area contributed by atoms with Gasteiger partial charge in [0.2, 0.25) is 5.82 Å². The van der Waals surface area contributed by atoms with E-state index < -0.39 is 0 Å². The molecule has 2 atom stereocenters. The summed E-state index contributed by atoms with van der Waals surface area (Å²) in [5, 5.41) is 0. The first-order valence-electron chi connectivity index (χ1n) is 7.63. The van der Waals surface area contributed by atoms with Gasteiger partial charge in [0, 0.05) is 12.1 Å². The molecule has 1 saturated heterocycles. The Labute approximate surface area is 134 Å². The minimum atomic E-state index is -0.254. The summed E-state index contributed by atoms with van der Waals surface area (Å²) in [4.78, 5) is 2.30. The van der Waals surface area contributed by atoms with Crippen molar-refractivity contribution in [1.82, 2.24) is 8.75 Å². The van der Waals surface area contributed by atoms with Crippen LogP contribution in [0.4, 0.5) is 10.2 Å². The Morgan fingerprint density at radius 3 is 2.77 bits per heavy atom. The highest BCUT2D eigenvalue weighted by molar-refractivity contribution is 6.99. The van der Waals surface area contributed by atoms with Gasteiger partial charge in [-0.05, 0) is 50.8 Å². The van der Waals surface area contributed by atoms with Gasteiger partial charge in [-0.1, -0.05) is 12.1 Å². The van der Waals surface area contributed by atoms with Crippen LogP contribution >= 0.6 is 11.7 Å². The number of ether oxygens (including phenoxy) is 1. The highest BCUT2D eigenvalue weighted by Gasteiger charge is 2.29. The fourth-order valence-corrected chi connectivity index (χ4v) is 3.54. The van der Waals surface area contributed by atoms with Crippen molar-refractivity contribution in [1.29, 1.82) is 0 Å². The zero-order chi connectivity index (χ0) is 15.5. The maximum atomic E-state index is 13.2. The van der Waals surface area contributed by atoms with Crippen LogP contribution in [0.5, 0.6) is 5.88 Å². The Bertz CT molecular complexity index is 623. The Morgan fingerprint density at radius 2 is 2.05 bits per heavy atom.